The topological polar surface area (TPSA) is 47.6 Å². The minimum Gasteiger partial charge on any atom is -0.444 e. The zero-order valence-corrected chi connectivity index (χ0v) is 11.3. The smallest absolute Gasteiger partial charge is 0.407 e. The minimum absolute atomic E-state index is 0.371. The average molecular weight is 243 g/mol. The Balaban J connectivity index is 3.28. The van der Waals surface area contributed by atoms with E-state index < -0.39 is 5.60 Å². The van der Waals surface area contributed by atoms with Crippen LogP contribution in [0.4, 0.5) is 4.79 Å². The summed E-state index contributed by atoms with van der Waals surface area (Å²) >= 11 is 0. The van der Waals surface area contributed by atoms with E-state index in [1.54, 1.807) is 0 Å². The second-order valence-corrected chi connectivity index (χ2v) is 4.83. The molecule has 0 aromatic rings. The fraction of sp³-hybridized carbons (Fsp3) is 0.769. The lowest BCUT2D eigenvalue weighted by molar-refractivity contribution is 0.0520. The van der Waals surface area contributed by atoms with E-state index in [9.17, 15) is 4.79 Å². The van der Waals surface area contributed by atoms with Gasteiger partial charge in [0.2, 0.25) is 0 Å². The maximum absolute atomic E-state index is 11.2. The molecule has 100 valence electrons. The molecule has 0 heterocycles. The van der Waals surface area contributed by atoms with Gasteiger partial charge >= 0.3 is 6.09 Å². The Hall–Kier alpha value is -1.03. The van der Waals surface area contributed by atoms with E-state index in [0.717, 1.165) is 25.9 Å². The Morgan fingerprint density at radius 1 is 1.29 bits per heavy atom. The van der Waals surface area contributed by atoms with Crippen molar-refractivity contribution in [3.05, 3.63) is 12.7 Å². The first kappa shape index (κ1) is 16.0. The molecule has 4 heteroatoms. The van der Waals surface area contributed by atoms with Crippen molar-refractivity contribution in [2.75, 3.05) is 19.8 Å². The van der Waals surface area contributed by atoms with Crippen molar-refractivity contribution < 1.29 is 14.3 Å². The fourth-order valence-corrected chi connectivity index (χ4v) is 1.11. The average Bonchev–Trinajstić information content (AvgIpc) is 2.19. The number of unbranched alkanes of at least 4 members (excludes halogenated alkanes) is 1. The number of ether oxygens (including phenoxy) is 2. The van der Waals surface area contributed by atoms with Crippen LogP contribution in [-0.4, -0.2) is 31.5 Å². The largest absolute Gasteiger partial charge is 0.444 e. The Morgan fingerprint density at radius 3 is 2.53 bits per heavy atom. The summed E-state index contributed by atoms with van der Waals surface area (Å²) in [4.78, 5) is 11.2. The summed E-state index contributed by atoms with van der Waals surface area (Å²) in [5.41, 5.74) is -0.439. The number of amides is 1. The zero-order chi connectivity index (χ0) is 13.1. The standard InChI is InChI=1S/C13H25NO3/c1-5-6-7-10-16-11-8-9-14-12(15)17-13(2,3)4/h5H,1,6-11H2,2-4H3,(H,14,15). The van der Waals surface area contributed by atoms with Crippen LogP contribution in [0.5, 0.6) is 0 Å². The normalized spacial score (nSPS) is 11.0. The number of allylic oxidation sites excluding steroid dienone is 1. The molecular formula is C13H25NO3. The van der Waals surface area contributed by atoms with Crippen molar-refractivity contribution in [1.29, 1.82) is 0 Å². The summed E-state index contributed by atoms with van der Waals surface area (Å²) in [5.74, 6) is 0. The van der Waals surface area contributed by atoms with Gasteiger partial charge in [-0.05, 0) is 40.0 Å². The molecule has 0 spiro atoms. The summed E-state index contributed by atoms with van der Waals surface area (Å²) in [6, 6.07) is 0. The molecule has 0 rings (SSSR count). The van der Waals surface area contributed by atoms with E-state index in [1.165, 1.54) is 0 Å². The van der Waals surface area contributed by atoms with Crippen LogP contribution in [-0.2, 0) is 9.47 Å². The van der Waals surface area contributed by atoms with E-state index in [0.29, 0.717) is 13.2 Å². The van der Waals surface area contributed by atoms with Gasteiger partial charge in [-0.15, -0.1) is 6.58 Å². The molecule has 17 heavy (non-hydrogen) atoms. The van der Waals surface area contributed by atoms with Crippen molar-refractivity contribution >= 4 is 6.09 Å². The highest BCUT2D eigenvalue weighted by Crippen LogP contribution is 2.06. The second-order valence-electron chi connectivity index (χ2n) is 4.83. The lowest BCUT2D eigenvalue weighted by Crippen LogP contribution is -2.33. The third kappa shape index (κ3) is 12.9. The monoisotopic (exact) mass is 243 g/mol. The first-order valence-corrected chi connectivity index (χ1v) is 6.11. The van der Waals surface area contributed by atoms with Gasteiger partial charge in [-0.3, -0.25) is 0 Å². The third-order valence-corrected chi connectivity index (χ3v) is 1.83. The summed E-state index contributed by atoms with van der Waals surface area (Å²) < 4.78 is 10.5. The molecule has 0 unspecified atom stereocenters. The van der Waals surface area contributed by atoms with Crippen LogP contribution in [0.1, 0.15) is 40.0 Å². The van der Waals surface area contributed by atoms with Crippen LogP contribution in [0, 0.1) is 0 Å². The predicted octanol–water partition coefficient (Wildman–Crippen LogP) is 2.88. The molecule has 0 saturated carbocycles. The highest BCUT2D eigenvalue weighted by Gasteiger charge is 2.15. The number of hydrogen-bond acceptors (Lipinski definition) is 3. The SMILES string of the molecule is C=CCCCOCCCNC(=O)OC(C)(C)C. The van der Waals surface area contributed by atoms with Crippen LogP contribution in [0.3, 0.4) is 0 Å². The van der Waals surface area contributed by atoms with Gasteiger partial charge in [-0.25, -0.2) is 4.79 Å². The van der Waals surface area contributed by atoms with E-state index in [-0.39, 0.29) is 6.09 Å². The lowest BCUT2D eigenvalue weighted by Gasteiger charge is -2.19. The number of carbonyl (C=O) groups is 1. The lowest BCUT2D eigenvalue weighted by atomic mass is 10.2. The number of hydrogen-bond donors (Lipinski definition) is 1. The van der Waals surface area contributed by atoms with Gasteiger partial charge in [-0.2, -0.15) is 0 Å². The molecular weight excluding hydrogens is 218 g/mol. The highest BCUT2D eigenvalue weighted by atomic mass is 16.6. The van der Waals surface area contributed by atoms with Gasteiger partial charge in [0, 0.05) is 19.8 Å². The Morgan fingerprint density at radius 2 is 1.94 bits per heavy atom. The van der Waals surface area contributed by atoms with Gasteiger partial charge in [0.1, 0.15) is 5.60 Å². The number of alkyl carbamates (subject to hydrolysis) is 1. The summed E-state index contributed by atoms with van der Waals surface area (Å²) in [6.45, 7) is 11.2. The van der Waals surface area contributed by atoms with Crippen molar-refractivity contribution in [3.63, 3.8) is 0 Å². The van der Waals surface area contributed by atoms with E-state index in [2.05, 4.69) is 11.9 Å². The summed E-state index contributed by atoms with van der Waals surface area (Å²) in [7, 11) is 0. The quantitative estimate of drug-likeness (QED) is 0.526. The molecule has 0 aliphatic heterocycles. The summed E-state index contributed by atoms with van der Waals surface area (Å²) in [5, 5.41) is 2.68. The predicted molar refractivity (Wildman–Crippen MR) is 69.1 cm³/mol. The molecule has 0 aromatic heterocycles. The third-order valence-electron chi connectivity index (χ3n) is 1.83. The molecule has 0 aliphatic carbocycles. The Kier molecular flexibility index (Phi) is 8.50. The summed E-state index contributed by atoms with van der Waals surface area (Å²) in [6.07, 6.45) is 4.30. The number of rotatable bonds is 8. The van der Waals surface area contributed by atoms with Crippen LogP contribution < -0.4 is 5.32 Å². The molecule has 0 aromatic carbocycles. The Bertz CT molecular complexity index is 221. The van der Waals surface area contributed by atoms with Crippen LogP contribution in [0.25, 0.3) is 0 Å². The first-order valence-electron chi connectivity index (χ1n) is 6.11. The minimum atomic E-state index is -0.439. The molecule has 0 saturated heterocycles. The fourth-order valence-electron chi connectivity index (χ4n) is 1.11. The van der Waals surface area contributed by atoms with Crippen molar-refractivity contribution in [1.82, 2.24) is 5.32 Å². The molecule has 1 N–H and O–H groups in total. The molecule has 0 bridgehead atoms. The zero-order valence-electron chi connectivity index (χ0n) is 11.3. The van der Waals surface area contributed by atoms with Crippen molar-refractivity contribution in [3.8, 4) is 0 Å². The van der Waals surface area contributed by atoms with E-state index >= 15 is 0 Å². The molecule has 0 atom stereocenters. The molecule has 0 radical (unpaired) electrons. The second kappa shape index (κ2) is 9.05. The Labute approximate surface area is 104 Å². The van der Waals surface area contributed by atoms with Crippen LogP contribution in [0.15, 0.2) is 12.7 Å². The van der Waals surface area contributed by atoms with Crippen LogP contribution in [0.2, 0.25) is 0 Å². The van der Waals surface area contributed by atoms with Gasteiger partial charge in [-0.1, -0.05) is 6.08 Å². The van der Waals surface area contributed by atoms with E-state index in [4.69, 9.17) is 9.47 Å². The first-order chi connectivity index (χ1) is 7.95. The highest BCUT2D eigenvalue weighted by molar-refractivity contribution is 5.67. The molecule has 1 amide bonds. The number of nitrogens with one attached hydrogen (secondary N) is 1. The van der Waals surface area contributed by atoms with Gasteiger partial charge in [0.05, 0.1) is 0 Å². The van der Waals surface area contributed by atoms with Gasteiger partial charge < -0.3 is 14.8 Å². The van der Waals surface area contributed by atoms with Crippen molar-refractivity contribution in [2.45, 2.75) is 45.6 Å². The number of carbonyl (C=O) groups excluding carboxylic acids is 1. The van der Waals surface area contributed by atoms with E-state index in [1.807, 2.05) is 26.8 Å². The molecule has 4 nitrogen and oxygen atoms in total. The van der Waals surface area contributed by atoms with Gasteiger partial charge in [0.25, 0.3) is 0 Å². The molecule has 0 aliphatic rings. The maximum atomic E-state index is 11.2. The maximum Gasteiger partial charge on any atom is 0.407 e. The molecule has 0 fully saturated rings. The van der Waals surface area contributed by atoms with Gasteiger partial charge in [0.15, 0.2) is 0 Å². The van der Waals surface area contributed by atoms with Crippen molar-refractivity contribution in [2.24, 2.45) is 0 Å². The van der Waals surface area contributed by atoms with Crippen LogP contribution >= 0.6 is 0 Å².